The normalized spacial score (nSPS) is 13.6. The summed E-state index contributed by atoms with van der Waals surface area (Å²) in [4.78, 5) is 38.1. The first-order chi connectivity index (χ1) is 11.3. The average molecular weight is 358 g/mol. The van der Waals surface area contributed by atoms with Crippen LogP contribution < -0.4 is 16.4 Å². The Morgan fingerprint density at radius 3 is 2.08 bits per heavy atom. The lowest BCUT2D eigenvalue weighted by Gasteiger charge is -2.21. The summed E-state index contributed by atoms with van der Waals surface area (Å²) in [6, 6.07) is -0.676. The van der Waals surface area contributed by atoms with Crippen molar-refractivity contribution in [2.75, 3.05) is 6.54 Å². The average Bonchev–Trinajstić information content (AvgIpc) is 2.37. The second-order valence-corrected chi connectivity index (χ2v) is 7.42. The van der Waals surface area contributed by atoms with Crippen molar-refractivity contribution in [1.29, 1.82) is 0 Å². The summed E-state index contributed by atoms with van der Waals surface area (Å²) < 4.78 is 10.1. The van der Waals surface area contributed by atoms with E-state index in [0.717, 1.165) is 0 Å². The number of carbonyl (C=O) groups excluding carboxylic acids is 3. The summed E-state index contributed by atoms with van der Waals surface area (Å²) in [5, 5.41) is 4.77. The van der Waals surface area contributed by atoms with Crippen molar-refractivity contribution in [3.8, 4) is 0 Å². The molecule has 4 N–H and O–H groups in total. The highest BCUT2D eigenvalue weighted by molar-refractivity contribution is 5.92. The molecule has 0 radical (unpaired) electrons. The Morgan fingerprint density at radius 1 is 1.08 bits per heavy atom. The minimum atomic E-state index is -0.689. The molecule has 0 aromatic carbocycles. The third-order valence-corrected chi connectivity index (χ3v) is 2.45. The van der Waals surface area contributed by atoms with Crippen LogP contribution in [-0.4, -0.2) is 48.2 Å². The van der Waals surface area contributed by atoms with Crippen LogP contribution in [-0.2, 0) is 14.3 Å². The van der Waals surface area contributed by atoms with E-state index in [0.29, 0.717) is 19.1 Å². The van der Waals surface area contributed by atoms with E-state index in [1.807, 2.05) is 0 Å². The summed E-state index contributed by atoms with van der Waals surface area (Å²) in [7, 11) is 0. The van der Waals surface area contributed by atoms with Crippen molar-refractivity contribution in [3.63, 3.8) is 0 Å². The molecule has 0 rings (SSSR count). The predicted molar refractivity (Wildman–Crippen MR) is 94.3 cm³/mol. The largest absolute Gasteiger partial charge is 0.444 e. The Bertz CT molecular complexity index is 492. The molecule has 0 aromatic rings. The Morgan fingerprint density at radius 2 is 1.60 bits per heavy atom. The van der Waals surface area contributed by atoms with Crippen LogP contribution >= 0.6 is 0 Å². The summed E-state index contributed by atoms with van der Waals surface area (Å²) in [5.74, 6) is -0.0722. The third kappa shape index (κ3) is 13.8. The van der Waals surface area contributed by atoms with Gasteiger partial charge in [0.1, 0.15) is 17.5 Å². The van der Waals surface area contributed by atoms with Gasteiger partial charge in [0.15, 0.2) is 5.96 Å². The Kier molecular flexibility index (Phi) is 8.94. The second kappa shape index (κ2) is 9.85. The molecule has 0 unspecified atom stereocenters. The van der Waals surface area contributed by atoms with Gasteiger partial charge in [-0.25, -0.2) is 9.59 Å². The Labute approximate surface area is 148 Å². The Balaban J connectivity index is 4.20. The molecule has 0 aliphatic rings. The number of nitrogens with zero attached hydrogens (tertiary/aromatic N) is 1. The van der Waals surface area contributed by atoms with Crippen LogP contribution in [0.15, 0.2) is 4.99 Å². The number of guanidine groups is 1. The van der Waals surface area contributed by atoms with Gasteiger partial charge in [0, 0.05) is 6.54 Å². The topological polar surface area (TPSA) is 132 Å². The molecular formula is C16H30N4O5. The zero-order valence-corrected chi connectivity index (χ0v) is 15.8. The van der Waals surface area contributed by atoms with Crippen molar-refractivity contribution >= 4 is 24.4 Å². The fourth-order valence-electron chi connectivity index (χ4n) is 1.59. The molecule has 0 fully saturated rings. The standard InChI is InChI=1S/C16H30N4O5/c1-15(2,3)24-13(22)19-11(10-21)8-7-9-18-12(17)20-14(23)25-16(4,5)6/h10-11H,7-9H2,1-6H3,(H,19,22)(H3,17,18,20,23)/t11-/m0/s1. The molecule has 9 heteroatoms. The smallest absolute Gasteiger partial charge is 0.414 e. The van der Waals surface area contributed by atoms with Gasteiger partial charge in [-0.3, -0.25) is 10.3 Å². The molecule has 0 heterocycles. The number of hydrogen-bond donors (Lipinski definition) is 3. The van der Waals surface area contributed by atoms with Gasteiger partial charge in [0.25, 0.3) is 0 Å². The lowest BCUT2D eigenvalue weighted by Crippen LogP contribution is -2.41. The van der Waals surface area contributed by atoms with E-state index in [1.165, 1.54) is 0 Å². The molecule has 0 aliphatic carbocycles. The van der Waals surface area contributed by atoms with Gasteiger partial charge in [0.2, 0.25) is 0 Å². The molecule has 0 bridgehead atoms. The van der Waals surface area contributed by atoms with Gasteiger partial charge in [0.05, 0.1) is 6.04 Å². The van der Waals surface area contributed by atoms with Crippen LogP contribution in [0.25, 0.3) is 0 Å². The molecule has 9 nitrogen and oxygen atoms in total. The number of rotatable bonds is 6. The SMILES string of the molecule is CC(C)(C)OC(=O)NC(N)=NCCC[C@@H](C=O)NC(=O)OC(C)(C)C. The predicted octanol–water partition coefficient (Wildman–Crippen LogP) is 1.70. The van der Waals surface area contributed by atoms with E-state index in [9.17, 15) is 14.4 Å². The minimum Gasteiger partial charge on any atom is -0.444 e. The molecular weight excluding hydrogens is 328 g/mol. The highest BCUT2D eigenvalue weighted by Crippen LogP contribution is 2.07. The van der Waals surface area contributed by atoms with Crippen LogP contribution in [0.4, 0.5) is 9.59 Å². The van der Waals surface area contributed by atoms with Gasteiger partial charge in [-0.2, -0.15) is 0 Å². The van der Waals surface area contributed by atoms with Crippen LogP contribution in [0.3, 0.4) is 0 Å². The highest BCUT2D eigenvalue weighted by atomic mass is 16.6. The molecule has 25 heavy (non-hydrogen) atoms. The number of aliphatic imine (C=N–C) groups is 1. The quantitative estimate of drug-likeness (QED) is 0.286. The summed E-state index contributed by atoms with van der Waals surface area (Å²) >= 11 is 0. The van der Waals surface area contributed by atoms with Crippen molar-refractivity contribution in [2.45, 2.75) is 71.6 Å². The summed E-state index contributed by atoms with van der Waals surface area (Å²) in [6.45, 7) is 10.7. The van der Waals surface area contributed by atoms with Crippen molar-refractivity contribution in [3.05, 3.63) is 0 Å². The fraction of sp³-hybridized carbons (Fsp3) is 0.750. The third-order valence-electron chi connectivity index (χ3n) is 2.45. The minimum absolute atomic E-state index is 0.0722. The van der Waals surface area contributed by atoms with E-state index in [1.54, 1.807) is 41.5 Å². The maximum atomic E-state index is 11.6. The highest BCUT2D eigenvalue weighted by Gasteiger charge is 2.19. The molecule has 2 amide bonds. The Hall–Kier alpha value is -2.32. The van der Waals surface area contributed by atoms with Crippen LogP contribution in [0.5, 0.6) is 0 Å². The molecule has 1 atom stereocenters. The first-order valence-corrected chi connectivity index (χ1v) is 8.07. The lowest BCUT2D eigenvalue weighted by atomic mass is 10.2. The number of alkyl carbamates (subject to hydrolysis) is 2. The van der Waals surface area contributed by atoms with Gasteiger partial charge >= 0.3 is 12.2 Å². The maximum Gasteiger partial charge on any atom is 0.414 e. The van der Waals surface area contributed by atoms with Crippen LogP contribution in [0.2, 0.25) is 0 Å². The van der Waals surface area contributed by atoms with Gasteiger partial charge in [-0.1, -0.05) is 0 Å². The molecule has 0 aliphatic heterocycles. The second-order valence-electron chi connectivity index (χ2n) is 7.42. The van der Waals surface area contributed by atoms with Crippen LogP contribution in [0, 0.1) is 0 Å². The summed E-state index contributed by atoms with van der Waals surface area (Å²) in [5.41, 5.74) is 4.31. The zero-order chi connectivity index (χ0) is 19.7. The number of carbonyl (C=O) groups is 3. The van der Waals surface area contributed by atoms with Crippen molar-refractivity contribution < 1.29 is 23.9 Å². The number of nitrogens with one attached hydrogen (secondary N) is 2. The number of nitrogens with two attached hydrogens (primary N) is 1. The van der Waals surface area contributed by atoms with Crippen molar-refractivity contribution in [1.82, 2.24) is 10.6 Å². The van der Waals surface area contributed by atoms with E-state index in [-0.39, 0.29) is 12.5 Å². The first kappa shape index (κ1) is 22.7. The van der Waals surface area contributed by atoms with Crippen molar-refractivity contribution in [2.24, 2.45) is 10.7 Å². The lowest BCUT2D eigenvalue weighted by molar-refractivity contribution is -0.109. The number of hydrogen-bond acceptors (Lipinski definition) is 6. The van der Waals surface area contributed by atoms with Crippen LogP contribution in [0.1, 0.15) is 54.4 Å². The summed E-state index contributed by atoms with van der Waals surface area (Å²) in [6.07, 6.45) is 0.142. The fourth-order valence-corrected chi connectivity index (χ4v) is 1.59. The monoisotopic (exact) mass is 358 g/mol. The van der Waals surface area contributed by atoms with Gasteiger partial charge < -0.3 is 25.3 Å². The van der Waals surface area contributed by atoms with E-state index >= 15 is 0 Å². The molecule has 0 aromatic heterocycles. The molecule has 144 valence electrons. The molecule has 0 saturated heterocycles. The molecule has 0 saturated carbocycles. The molecule has 0 spiro atoms. The van der Waals surface area contributed by atoms with Gasteiger partial charge in [-0.05, 0) is 54.4 Å². The number of amides is 2. The van der Waals surface area contributed by atoms with E-state index < -0.39 is 29.4 Å². The van der Waals surface area contributed by atoms with Gasteiger partial charge in [-0.15, -0.1) is 0 Å². The maximum absolute atomic E-state index is 11.6. The first-order valence-electron chi connectivity index (χ1n) is 8.07. The number of ether oxygens (including phenoxy) is 2. The zero-order valence-electron chi connectivity index (χ0n) is 15.8. The van der Waals surface area contributed by atoms with E-state index in [2.05, 4.69) is 15.6 Å². The number of aldehydes is 1. The van der Waals surface area contributed by atoms with E-state index in [4.69, 9.17) is 15.2 Å².